The summed E-state index contributed by atoms with van der Waals surface area (Å²) in [5.41, 5.74) is -0.0896. The zero-order valence-electron chi connectivity index (χ0n) is 5.93. The molecule has 0 atom stereocenters. The predicted molar refractivity (Wildman–Crippen MR) is 37.9 cm³/mol. The van der Waals surface area contributed by atoms with E-state index in [-0.39, 0.29) is 17.9 Å². The number of carboxylic acids is 1. The van der Waals surface area contributed by atoms with Crippen molar-refractivity contribution in [1.82, 2.24) is 4.98 Å². The molecular weight excluding hydrogens is 162 g/mol. The number of ether oxygens (including phenoxy) is 1. The molecule has 0 aromatic carbocycles. The van der Waals surface area contributed by atoms with E-state index in [9.17, 15) is 9.59 Å². The van der Waals surface area contributed by atoms with Crippen molar-refractivity contribution < 1.29 is 19.4 Å². The van der Waals surface area contributed by atoms with Gasteiger partial charge in [-0.15, -0.1) is 0 Å². The van der Waals surface area contributed by atoms with Crippen LogP contribution in [0.2, 0.25) is 0 Å². The summed E-state index contributed by atoms with van der Waals surface area (Å²) in [6, 6.07) is 2.60. The summed E-state index contributed by atoms with van der Waals surface area (Å²) >= 11 is 0. The molecule has 0 bridgehead atoms. The molecule has 0 fully saturated rings. The van der Waals surface area contributed by atoms with Crippen LogP contribution in [0.15, 0.2) is 18.3 Å². The zero-order chi connectivity index (χ0) is 8.97. The minimum absolute atomic E-state index is 0.0896. The quantitative estimate of drug-likeness (QED) is 0.656. The van der Waals surface area contributed by atoms with E-state index in [1.54, 1.807) is 0 Å². The molecule has 0 amide bonds. The number of hydrogen-bond acceptors (Lipinski definition) is 4. The molecule has 1 aromatic rings. The van der Waals surface area contributed by atoms with Crippen LogP contribution in [0.25, 0.3) is 0 Å². The van der Waals surface area contributed by atoms with Crippen LogP contribution in [0.1, 0.15) is 10.5 Å². The minimum atomic E-state index is -1.12. The van der Waals surface area contributed by atoms with Crippen molar-refractivity contribution in [2.45, 2.75) is 0 Å². The monoisotopic (exact) mass is 167 g/mol. The van der Waals surface area contributed by atoms with Gasteiger partial charge >= 0.3 is 5.97 Å². The average molecular weight is 167 g/mol. The number of carbonyl (C=O) groups is 2. The van der Waals surface area contributed by atoms with E-state index in [0.717, 1.165) is 6.20 Å². The molecule has 5 nitrogen and oxygen atoms in total. The number of pyridine rings is 1. The molecule has 1 N–H and O–H groups in total. The molecule has 0 saturated carbocycles. The molecule has 62 valence electrons. The van der Waals surface area contributed by atoms with Gasteiger partial charge in [-0.05, 0) is 12.1 Å². The number of nitrogens with zero attached hydrogens (tertiary/aromatic N) is 1. The van der Waals surface area contributed by atoms with Crippen LogP contribution in [-0.2, 0) is 4.79 Å². The maximum atomic E-state index is 10.3. The van der Waals surface area contributed by atoms with Gasteiger partial charge in [0.25, 0.3) is 6.47 Å². The summed E-state index contributed by atoms with van der Waals surface area (Å²) in [5.74, 6) is -0.900. The summed E-state index contributed by atoms with van der Waals surface area (Å²) in [4.78, 5) is 23.6. The highest BCUT2D eigenvalue weighted by molar-refractivity contribution is 5.85. The molecule has 1 aromatic heterocycles. The molecule has 0 aliphatic carbocycles. The van der Waals surface area contributed by atoms with Crippen LogP contribution in [0, 0.1) is 0 Å². The Balaban J connectivity index is 2.85. The number of rotatable bonds is 3. The average Bonchev–Trinajstić information content (AvgIpc) is 2.06. The van der Waals surface area contributed by atoms with Crippen molar-refractivity contribution >= 4 is 12.4 Å². The Bertz CT molecular complexity index is 293. The SMILES string of the molecule is O=COc1ccc(C(=O)O)nc1. The first-order valence-corrected chi connectivity index (χ1v) is 3.03. The largest absolute Gasteiger partial charge is 0.477 e. The Hall–Kier alpha value is -1.91. The lowest BCUT2D eigenvalue weighted by Crippen LogP contribution is -1.99. The number of carboxylic acid groups (broad SMARTS) is 1. The lowest BCUT2D eigenvalue weighted by Gasteiger charge is -1.96. The van der Waals surface area contributed by atoms with Crippen molar-refractivity contribution in [2.75, 3.05) is 0 Å². The molecule has 5 heteroatoms. The topological polar surface area (TPSA) is 76.5 Å². The Labute approximate surface area is 67.6 Å². The van der Waals surface area contributed by atoms with Crippen molar-refractivity contribution in [3.8, 4) is 5.75 Å². The van der Waals surface area contributed by atoms with Gasteiger partial charge in [0.15, 0.2) is 0 Å². The van der Waals surface area contributed by atoms with Crippen molar-refractivity contribution in [2.24, 2.45) is 0 Å². The lowest BCUT2D eigenvalue weighted by molar-refractivity contribution is -0.120. The second-order valence-electron chi connectivity index (χ2n) is 1.90. The van der Waals surface area contributed by atoms with Crippen LogP contribution < -0.4 is 4.74 Å². The lowest BCUT2D eigenvalue weighted by atomic mass is 10.3. The summed E-state index contributed by atoms with van der Waals surface area (Å²) < 4.78 is 4.40. The molecular formula is C7H5NO4. The molecule has 0 aliphatic rings. The fourth-order valence-electron chi connectivity index (χ4n) is 0.632. The first kappa shape index (κ1) is 8.19. The summed E-state index contributed by atoms with van der Waals surface area (Å²) in [7, 11) is 0. The molecule has 0 aliphatic heterocycles. The smallest absolute Gasteiger partial charge is 0.354 e. The van der Waals surface area contributed by atoms with Gasteiger partial charge in [0.2, 0.25) is 0 Å². The van der Waals surface area contributed by atoms with Gasteiger partial charge in [-0.2, -0.15) is 0 Å². The molecule has 12 heavy (non-hydrogen) atoms. The first-order chi connectivity index (χ1) is 5.74. The third kappa shape index (κ3) is 1.79. The fourth-order valence-corrected chi connectivity index (χ4v) is 0.632. The third-order valence-electron chi connectivity index (χ3n) is 1.14. The van der Waals surface area contributed by atoms with Crippen LogP contribution in [0.4, 0.5) is 0 Å². The highest BCUT2D eigenvalue weighted by atomic mass is 16.5. The van der Waals surface area contributed by atoms with Crippen LogP contribution in [0.5, 0.6) is 5.75 Å². The summed E-state index contributed by atoms with van der Waals surface area (Å²) in [5, 5.41) is 8.43. The van der Waals surface area contributed by atoms with Crippen LogP contribution >= 0.6 is 0 Å². The standard InChI is InChI=1S/C7H5NO4/c9-4-12-5-1-2-6(7(10)11)8-3-5/h1-4H,(H,10,11). The number of aromatic nitrogens is 1. The molecule has 0 unspecified atom stereocenters. The molecule has 0 radical (unpaired) electrons. The van der Waals surface area contributed by atoms with E-state index in [1.807, 2.05) is 0 Å². The second kappa shape index (κ2) is 3.47. The van der Waals surface area contributed by atoms with E-state index < -0.39 is 5.97 Å². The molecule has 1 heterocycles. The molecule has 0 spiro atoms. The third-order valence-corrected chi connectivity index (χ3v) is 1.14. The Kier molecular flexibility index (Phi) is 2.37. The van der Waals surface area contributed by atoms with E-state index >= 15 is 0 Å². The van der Waals surface area contributed by atoms with Gasteiger partial charge in [0.05, 0.1) is 6.20 Å². The number of carbonyl (C=O) groups excluding carboxylic acids is 1. The minimum Gasteiger partial charge on any atom is -0.477 e. The van der Waals surface area contributed by atoms with Gasteiger partial charge in [0, 0.05) is 0 Å². The van der Waals surface area contributed by atoms with Crippen molar-refractivity contribution in [3.63, 3.8) is 0 Å². The maximum absolute atomic E-state index is 10.3. The van der Waals surface area contributed by atoms with Gasteiger partial charge in [-0.1, -0.05) is 0 Å². The van der Waals surface area contributed by atoms with Gasteiger partial charge in [-0.3, -0.25) is 4.79 Å². The molecule has 1 rings (SSSR count). The highest BCUT2D eigenvalue weighted by Gasteiger charge is 2.02. The van der Waals surface area contributed by atoms with E-state index in [4.69, 9.17) is 5.11 Å². The van der Waals surface area contributed by atoms with Gasteiger partial charge in [-0.25, -0.2) is 9.78 Å². The number of hydrogen-bond donors (Lipinski definition) is 1. The van der Waals surface area contributed by atoms with Crippen molar-refractivity contribution in [1.29, 1.82) is 0 Å². The maximum Gasteiger partial charge on any atom is 0.354 e. The fraction of sp³-hybridized carbons (Fsp3) is 0. The van der Waals surface area contributed by atoms with E-state index in [0.29, 0.717) is 0 Å². The zero-order valence-corrected chi connectivity index (χ0v) is 5.93. The summed E-state index contributed by atoms with van der Waals surface area (Å²) in [6.07, 6.45) is 1.16. The highest BCUT2D eigenvalue weighted by Crippen LogP contribution is 2.07. The van der Waals surface area contributed by atoms with Crippen LogP contribution in [0.3, 0.4) is 0 Å². The summed E-state index contributed by atoms with van der Waals surface area (Å²) in [6.45, 7) is 0.247. The van der Waals surface area contributed by atoms with Gasteiger partial charge < -0.3 is 9.84 Å². The first-order valence-electron chi connectivity index (χ1n) is 3.03. The second-order valence-corrected chi connectivity index (χ2v) is 1.90. The Morgan fingerprint density at radius 2 is 2.33 bits per heavy atom. The van der Waals surface area contributed by atoms with Crippen LogP contribution in [-0.4, -0.2) is 22.5 Å². The number of aromatic carboxylic acids is 1. The normalized spacial score (nSPS) is 9.00. The van der Waals surface area contributed by atoms with E-state index in [1.165, 1.54) is 12.1 Å². The Morgan fingerprint density at radius 1 is 1.58 bits per heavy atom. The predicted octanol–water partition coefficient (Wildman–Crippen LogP) is 0.315. The molecule has 0 saturated heterocycles. The Morgan fingerprint density at radius 3 is 2.75 bits per heavy atom. The van der Waals surface area contributed by atoms with Gasteiger partial charge in [0.1, 0.15) is 11.4 Å². The van der Waals surface area contributed by atoms with Crippen molar-refractivity contribution in [3.05, 3.63) is 24.0 Å². The van der Waals surface area contributed by atoms with E-state index in [2.05, 4.69) is 9.72 Å².